The highest BCUT2D eigenvalue weighted by Crippen LogP contribution is 2.40. The molecule has 0 saturated heterocycles. The van der Waals surface area contributed by atoms with Crippen LogP contribution < -0.4 is 14.8 Å². The minimum atomic E-state index is -4.07. The summed E-state index contributed by atoms with van der Waals surface area (Å²) in [6.07, 6.45) is 0. The third-order valence-corrected chi connectivity index (χ3v) is 7.04. The second kappa shape index (κ2) is 11.1. The van der Waals surface area contributed by atoms with Crippen molar-refractivity contribution in [2.45, 2.75) is 18.4 Å². The molecule has 0 bridgehead atoms. The van der Waals surface area contributed by atoms with Crippen LogP contribution in [0.4, 0.5) is 5.69 Å². The molecule has 0 aliphatic carbocycles. The van der Waals surface area contributed by atoms with Crippen molar-refractivity contribution in [2.24, 2.45) is 0 Å². The molecule has 1 aromatic heterocycles. The predicted molar refractivity (Wildman–Crippen MR) is 128 cm³/mol. The highest BCUT2D eigenvalue weighted by molar-refractivity contribution is 7.89. The number of halogens is 2. The second-order valence-corrected chi connectivity index (χ2v) is 10.2. The fraction of sp³-hybridized carbons (Fsp3) is 0.143. The SMILES string of the molecule is CCOC(=O)C(=O)Nc1cc(Cl)c(Oc2ccc(O)c(S(=O)(=O)NCc3cccs3)c2)c(Cl)c1. The fourth-order valence-electron chi connectivity index (χ4n) is 2.66. The van der Waals surface area contributed by atoms with Gasteiger partial charge in [-0.1, -0.05) is 29.3 Å². The number of carbonyl (C=O) groups excluding carboxylic acids is 2. The molecular weight excluding hydrogens is 527 g/mol. The number of esters is 1. The summed E-state index contributed by atoms with van der Waals surface area (Å²) in [5.41, 5.74) is 0.118. The number of benzene rings is 2. The van der Waals surface area contributed by atoms with Crippen molar-refractivity contribution >= 4 is 62.1 Å². The molecule has 3 aromatic rings. The molecule has 0 unspecified atom stereocenters. The molecule has 1 heterocycles. The lowest BCUT2D eigenvalue weighted by molar-refractivity contribution is -0.152. The number of carbonyl (C=O) groups is 2. The number of sulfonamides is 1. The monoisotopic (exact) mass is 544 g/mol. The summed E-state index contributed by atoms with van der Waals surface area (Å²) in [5.74, 6) is -2.55. The van der Waals surface area contributed by atoms with E-state index >= 15 is 0 Å². The van der Waals surface area contributed by atoms with Crippen LogP contribution in [0.15, 0.2) is 52.7 Å². The third-order valence-electron chi connectivity index (χ3n) is 4.17. The van der Waals surface area contributed by atoms with Crippen LogP contribution in [0.1, 0.15) is 11.8 Å². The molecule has 0 atom stereocenters. The second-order valence-electron chi connectivity index (χ2n) is 6.58. The number of ether oxygens (including phenoxy) is 2. The Kier molecular flexibility index (Phi) is 8.39. The number of aromatic hydroxyl groups is 1. The Hall–Kier alpha value is -2.83. The van der Waals surface area contributed by atoms with E-state index in [4.69, 9.17) is 27.9 Å². The number of amides is 1. The van der Waals surface area contributed by atoms with E-state index in [-0.39, 0.29) is 40.4 Å². The molecular formula is C21H18Cl2N2O7S2. The van der Waals surface area contributed by atoms with Crippen LogP contribution in [0.25, 0.3) is 0 Å². The van der Waals surface area contributed by atoms with Crippen LogP contribution in [0.5, 0.6) is 17.2 Å². The minimum Gasteiger partial charge on any atom is -0.507 e. The van der Waals surface area contributed by atoms with E-state index in [9.17, 15) is 23.1 Å². The van der Waals surface area contributed by atoms with Crippen molar-refractivity contribution in [1.82, 2.24) is 4.72 Å². The largest absolute Gasteiger partial charge is 0.507 e. The molecule has 2 aromatic carbocycles. The first kappa shape index (κ1) is 25.8. The number of hydrogen-bond donors (Lipinski definition) is 3. The maximum absolute atomic E-state index is 12.7. The number of rotatable bonds is 8. The first-order chi connectivity index (χ1) is 16.1. The molecule has 13 heteroatoms. The lowest BCUT2D eigenvalue weighted by Crippen LogP contribution is -2.24. The van der Waals surface area contributed by atoms with Crippen LogP contribution in [0, 0.1) is 0 Å². The van der Waals surface area contributed by atoms with Crippen LogP contribution in [-0.4, -0.2) is 32.0 Å². The van der Waals surface area contributed by atoms with Gasteiger partial charge in [-0.25, -0.2) is 17.9 Å². The molecule has 180 valence electrons. The fourth-order valence-corrected chi connectivity index (χ4v) is 5.07. The van der Waals surface area contributed by atoms with Gasteiger partial charge < -0.3 is 19.9 Å². The third kappa shape index (κ3) is 6.39. The Bertz CT molecular complexity index is 1290. The molecule has 0 aliphatic heterocycles. The molecule has 34 heavy (non-hydrogen) atoms. The number of nitrogens with one attached hydrogen (secondary N) is 2. The summed E-state index contributed by atoms with van der Waals surface area (Å²) in [7, 11) is -4.07. The van der Waals surface area contributed by atoms with Gasteiger partial charge in [0.15, 0.2) is 5.75 Å². The lowest BCUT2D eigenvalue weighted by atomic mass is 10.2. The number of anilines is 1. The smallest absolute Gasteiger partial charge is 0.397 e. The van der Waals surface area contributed by atoms with Crippen LogP contribution >= 0.6 is 34.5 Å². The van der Waals surface area contributed by atoms with Gasteiger partial charge in [0.1, 0.15) is 16.4 Å². The standard InChI is InChI=1S/C21H18Cl2N2O7S2/c1-2-31-21(28)20(27)25-12-8-15(22)19(16(23)9-12)32-13-5-6-17(26)18(10-13)34(29,30)24-11-14-4-3-7-33-14/h3-10,24,26H,2,11H2,1H3,(H,25,27). The molecule has 0 fully saturated rings. The summed E-state index contributed by atoms with van der Waals surface area (Å²) < 4.78 is 38.0. The van der Waals surface area contributed by atoms with Gasteiger partial charge in [0.05, 0.1) is 16.7 Å². The summed E-state index contributed by atoms with van der Waals surface area (Å²) in [5, 5.41) is 14.2. The highest BCUT2D eigenvalue weighted by atomic mass is 35.5. The Morgan fingerprint density at radius 3 is 2.44 bits per heavy atom. The van der Waals surface area contributed by atoms with Crippen LogP contribution in [-0.2, 0) is 30.9 Å². The quantitative estimate of drug-likeness (QED) is 0.280. The van der Waals surface area contributed by atoms with Gasteiger partial charge in [-0.3, -0.25) is 4.79 Å². The lowest BCUT2D eigenvalue weighted by Gasteiger charge is -2.14. The Morgan fingerprint density at radius 1 is 1.12 bits per heavy atom. The number of phenolic OH excluding ortho intramolecular Hbond substituents is 1. The van der Waals surface area contributed by atoms with E-state index in [1.807, 2.05) is 5.38 Å². The van der Waals surface area contributed by atoms with Gasteiger partial charge in [0.25, 0.3) is 0 Å². The van der Waals surface area contributed by atoms with E-state index in [2.05, 4.69) is 14.8 Å². The van der Waals surface area contributed by atoms with Crippen LogP contribution in [0.3, 0.4) is 0 Å². The molecule has 0 radical (unpaired) electrons. The zero-order valence-corrected chi connectivity index (χ0v) is 20.6. The van der Waals surface area contributed by atoms with Gasteiger partial charge in [0, 0.05) is 23.2 Å². The average molecular weight is 545 g/mol. The van der Waals surface area contributed by atoms with Crippen molar-refractivity contribution in [3.63, 3.8) is 0 Å². The van der Waals surface area contributed by atoms with E-state index < -0.39 is 32.5 Å². The molecule has 1 amide bonds. The summed E-state index contributed by atoms with van der Waals surface area (Å²) in [4.78, 5) is 23.7. The molecule has 9 nitrogen and oxygen atoms in total. The van der Waals surface area contributed by atoms with Gasteiger partial charge in [-0.2, -0.15) is 0 Å². The molecule has 0 spiro atoms. The van der Waals surface area contributed by atoms with E-state index in [1.54, 1.807) is 19.1 Å². The molecule has 0 saturated carbocycles. The van der Waals surface area contributed by atoms with Gasteiger partial charge in [-0.15, -0.1) is 11.3 Å². The van der Waals surface area contributed by atoms with Crippen molar-refractivity contribution in [2.75, 3.05) is 11.9 Å². The zero-order chi connectivity index (χ0) is 24.9. The Labute approximate surface area is 209 Å². The van der Waals surface area contributed by atoms with E-state index in [1.165, 1.54) is 29.5 Å². The Morgan fingerprint density at radius 2 is 1.82 bits per heavy atom. The van der Waals surface area contributed by atoms with Crippen molar-refractivity contribution in [3.05, 3.63) is 62.8 Å². The average Bonchev–Trinajstić information content (AvgIpc) is 3.30. The minimum absolute atomic E-state index is 0.0278. The van der Waals surface area contributed by atoms with E-state index in [0.717, 1.165) is 17.0 Å². The highest BCUT2D eigenvalue weighted by Gasteiger charge is 2.21. The summed E-state index contributed by atoms with van der Waals surface area (Å²) in [6, 6.07) is 9.76. The maximum Gasteiger partial charge on any atom is 0.397 e. The first-order valence-electron chi connectivity index (χ1n) is 9.60. The van der Waals surface area contributed by atoms with Crippen molar-refractivity contribution in [3.8, 4) is 17.2 Å². The predicted octanol–water partition coefficient (Wildman–Crippen LogP) is 4.53. The molecule has 0 aliphatic rings. The first-order valence-corrected chi connectivity index (χ1v) is 12.7. The topological polar surface area (TPSA) is 131 Å². The summed E-state index contributed by atoms with van der Waals surface area (Å²) >= 11 is 13.8. The normalized spacial score (nSPS) is 11.1. The van der Waals surface area contributed by atoms with Crippen molar-refractivity contribution in [1.29, 1.82) is 0 Å². The Balaban J connectivity index is 1.80. The molecule has 3 rings (SSSR count). The van der Waals surface area contributed by atoms with Crippen LogP contribution in [0.2, 0.25) is 10.0 Å². The number of phenols is 1. The summed E-state index contributed by atoms with van der Waals surface area (Å²) in [6.45, 7) is 1.65. The maximum atomic E-state index is 12.7. The van der Waals surface area contributed by atoms with E-state index in [0.29, 0.717) is 0 Å². The van der Waals surface area contributed by atoms with Gasteiger partial charge >= 0.3 is 11.9 Å². The van der Waals surface area contributed by atoms with Gasteiger partial charge in [-0.05, 0) is 42.6 Å². The number of hydrogen-bond acceptors (Lipinski definition) is 8. The van der Waals surface area contributed by atoms with Crippen molar-refractivity contribution < 1.29 is 32.6 Å². The number of thiophene rings is 1. The molecule has 3 N–H and O–H groups in total. The zero-order valence-electron chi connectivity index (χ0n) is 17.5. The van der Waals surface area contributed by atoms with Gasteiger partial charge in [0.2, 0.25) is 10.0 Å².